The average molecular weight is 493 g/mol. The summed E-state index contributed by atoms with van der Waals surface area (Å²) in [5, 5.41) is 2.88. The molecule has 1 aromatic rings. The Hall–Kier alpha value is -2.13. The van der Waals surface area contributed by atoms with E-state index in [0.29, 0.717) is 30.9 Å². The Kier molecular flexibility index (Phi) is 8.62. The number of benzene rings is 1. The molecule has 0 aliphatic carbocycles. The summed E-state index contributed by atoms with van der Waals surface area (Å²) in [6.07, 6.45) is 5.93. The summed E-state index contributed by atoms with van der Waals surface area (Å²) in [5.41, 5.74) is 0.572. The summed E-state index contributed by atoms with van der Waals surface area (Å²) >= 11 is 0. The summed E-state index contributed by atoms with van der Waals surface area (Å²) in [7, 11) is -3.74. The number of rotatable bonds is 7. The molecule has 0 saturated carbocycles. The molecule has 0 bridgehead atoms. The Morgan fingerprint density at radius 2 is 1.56 bits per heavy atom. The first-order chi connectivity index (χ1) is 16.0. The minimum atomic E-state index is -3.74. The van der Waals surface area contributed by atoms with Crippen LogP contribution in [0.2, 0.25) is 0 Å². The maximum absolute atomic E-state index is 13.7. The highest BCUT2D eigenvalue weighted by atomic mass is 32.2. The van der Waals surface area contributed by atoms with E-state index in [1.807, 2.05) is 27.7 Å². The van der Waals surface area contributed by atoms with Gasteiger partial charge in [0.2, 0.25) is 15.9 Å². The van der Waals surface area contributed by atoms with Crippen molar-refractivity contribution in [2.45, 2.75) is 76.7 Å². The molecule has 2 saturated heterocycles. The Labute approximate surface area is 204 Å². The van der Waals surface area contributed by atoms with Gasteiger partial charge in [0, 0.05) is 43.8 Å². The molecule has 34 heavy (non-hydrogen) atoms. The van der Waals surface area contributed by atoms with Crippen molar-refractivity contribution < 1.29 is 18.0 Å². The van der Waals surface area contributed by atoms with Crippen LogP contribution < -0.4 is 10.2 Å². The van der Waals surface area contributed by atoms with Gasteiger partial charge in [-0.3, -0.25) is 9.59 Å². The van der Waals surface area contributed by atoms with Crippen LogP contribution in [0.5, 0.6) is 0 Å². The number of anilines is 1. The molecule has 8 nitrogen and oxygen atoms in total. The van der Waals surface area contributed by atoms with Gasteiger partial charge in [0.1, 0.15) is 4.90 Å². The van der Waals surface area contributed by atoms with Crippen molar-refractivity contribution in [2.24, 2.45) is 0 Å². The van der Waals surface area contributed by atoms with E-state index in [9.17, 15) is 18.0 Å². The molecule has 190 valence electrons. The second-order valence-electron chi connectivity index (χ2n) is 10.3. The second-order valence-corrected chi connectivity index (χ2v) is 12.2. The van der Waals surface area contributed by atoms with Crippen LogP contribution in [0.25, 0.3) is 0 Å². The zero-order valence-electron chi connectivity index (χ0n) is 21.1. The Morgan fingerprint density at radius 3 is 2.12 bits per heavy atom. The first kappa shape index (κ1) is 26.5. The number of carbonyl (C=O) groups excluding carboxylic acids is 2. The van der Waals surface area contributed by atoms with Crippen molar-refractivity contribution in [1.29, 1.82) is 0 Å². The Bertz CT molecular complexity index is 975. The molecule has 0 radical (unpaired) electrons. The highest BCUT2D eigenvalue weighted by Gasteiger charge is 2.32. The third-order valence-electron chi connectivity index (χ3n) is 6.35. The quantitative estimate of drug-likeness (QED) is 0.631. The van der Waals surface area contributed by atoms with Crippen LogP contribution in [0.15, 0.2) is 23.1 Å². The summed E-state index contributed by atoms with van der Waals surface area (Å²) in [6, 6.07) is 5.00. The van der Waals surface area contributed by atoms with E-state index >= 15 is 0 Å². The molecule has 2 fully saturated rings. The Balaban J connectivity index is 1.94. The van der Waals surface area contributed by atoms with Gasteiger partial charge in [0.05, 0.1) is 12.2 Å². The molecule has 0 aromatic heterocycles. The number of nitrogens with zero attached hydrogens (tertiary/aromatic N) is 3. The molecular weight excluding hydrogens is 452 g/mol. The monoisotopic (exact) mass is 492 g/mol. The van der Waals surface area contributed by atoms with Crippen molar-refractivity contribution >= 4 is 27.5 Å². The zero-order valence-corrected chi connectivity index (χ0v) is 21.9. The molecule has 1 N–H and O–H groups in total. The first-order valence-corrected chi connectivity index (χ1v) is 14.0. The van der Waals surface area contributed by atoms with Crippen LogP contribution in [-0.2, 0) is 14.8 Å². The van der Waals surface area contributed by atoms with Gasteiger partial charge in [0.25, 0.3) is 5.91 Å². The fourth-order valence-corrected chi connectivity index (χ4v) is 6.39. The van der Waals surface area contributed by atoms with Gasteiger partial charge in [0.15, 0.2) is 0 Å². The molecule has 1 aromatic carbocycles. The maximum atomic E-state index is 13.7. The van der Waals surface area contributed by atoms with Gasteiger partial charge in [-0.15, -0.1) is 0 Å². The molecule has 2 heterocycles. The van der Waals surface area contributed by atoms with Gasteiger partial charge in [-0.1, -0.05) is 6.42 Å². The number of hydrogen-bond donors (Lipinski definition) is 1. The van der Waals surface area contributed by atoms with E-state index in [1.54, 1.807) is 16.4 Å². The summed E-state index contributed by atoms with van der Waals surface area (Å²) < 4.78 is 29.0. The molecule has 3 rings (SSSR count). The smallest absolute Gasteiger partial charge is 0.254 e. The lowest BCUT2D eigenvalue weighted by Crippen LogP contribution is -2.47. The highest BCUT2D eigenvalue weighted by Crippen LogP contribution is 2.32. The number of carbonyl (C=O) groups is 2. The van der Waals surface area contributed by atoms with Crippen LogP contribution in [0.1, 0.15) is 76.6 Å². The number of hydrogen-bond acceptors (Lipinski definition) is 5. The zero-order chi connectivity index (χ0) is 24.9. The fraction of sp³-hybridized carbons (Fsp3) is 0.680. The topological polar surface area (TPSA) is 90.0 Å². The normalized spacial score (nSPS) is 17.9. The first-order valence-electron chi connectivity index (χ1n) is 12.5. The molecule has 0 spiro atoms. The summed E-state index contributed by atoms with van der Waals surface area (Å²) in [5.74, 6) is -0.583. The summed E-state index contributed by atoms with van der Waals surface area (Å²) in [4.78, 5) is 29.6. The predicted octanol–water partition coefficient (Wildman–Crippen LogP) is 3.23. The molecule has 2 amide bonds. The number of likely N-dealkylation sites (N-methyl/N-ethyl adjacent to an activating group) is 1. The van der Waals surface area contributed by atoms with Crippen molar-refractivity contribution in [1.82, 2.24) is 14.5 Å². The standard InChI is InChI=1S/C25H40N4O4S/c1-5-27(19-23(30)26-25(2,3)4)24(31)20-12-13-21(28-14-8-6-9-15-28)22(18-20)34(32,33)29-16-10-7-11-17-29/h12-13,18H,5-11,14-17,19H2,1-4H3,(H,26,30). The minimum absolute atomic E-state index is 0.0747. The lowest BCUT2D eigenvalue weighted by atomic mass is 10.1. The Morgan fingerprint density at radius 1 is 0.971 bits per heavy atom. The van der Waals surface area contributed by atoms with Gasteiger partial charge >= 0.3 is 0 Å². The largest absolute Gasteiger partial charge is 0.370 e. The second kappa shape index (κ2) is 11.1. The minimum Gasteiger partial charge on any atom is -0.370 e. The number of amides is 2. The van der Waals surface area contributed by atoms with Crippen molar-refractivity contribution in [3.63, 3.8) is 0 Å². The van der Waals surface area contributed by atoms with Crippen LogP contribution in [-0.4, -0.2) is 74.2 Å². The van der Waals surface area contributed by atoms with Crippen molar-refractivity contribution in [3.8, 4) is 0 Å². The fourth-order valence-electron chi connectivity index (χ4n) is 4.64. The third-order valence-corrected chi connectivity index (χ3v) is 8.28. The van der Waals surface area contributed by atoms with Gasteiger partial charge in [-0.05, 0) is 78.0 Å². The maximum Gasteiger partial charge on any atom is 0.254 e. The third kappa shape index (κ3) is 6.50. The lowest BCUT2D eigenvalue weighted by Gasteiger charge is -2.33. The number of sulfonamides is 1. The number of nitrogens with one attached hydrogen (secondary N) is 1. The predicted molar refractivity (Wildman–Crippen MR) is 135 cm³/mol. The molecule has 2 aliphatic heterocycles. The SMILES string of the molecule is CCN(CC(=O)NC(C)(C)C)C(=O)c1ccc(N2CCCCC2)c(S(=O)(=O)N2CCCCC2)c1. The average Bonchev–Trinajstić information content (AvgIpc) is 2.81. The van der Waals surface area contributed by atoms with Gasteiger partial charge in [-0.25, -0.2) is 8.42 Å². The molecule has 0 unspecified atom stereocenters. The molecule has 2 aliphatic rings. The van der Waals surface area contributed by atoms with E-state index in [4.69, 9.17) is 0 Å². The van der Waals surface area contributed by atoms with Crippen LogP contribution in [0.3, 0.4) is 0 Å². The van der Waals surface area contributed by atoms with Crippen LogP contribution >= 0.6 is 0 Å². The van der Waals surface area contributed by atoms with Crippen LogP contribution in [0, 0.1) is 0 Å². The summed E-state index contributed by atoms with van der Waals surface area (Å²) in [6.45, 7) is 10.4. The molecule has 0 atom stereocenters. The van der Waals surface area contributed by atoms with Crippen molar-refractivity contribution in [2.75, 3.05) is 44.2 Å². The van der Waals surface area contributed by atoms with E-state index in [-0.39, 0.29) is 23.3 Å². The van der Waals surface area contributed by atoms with Gasteiger partial charge in [-0.2, -0.15) is 4.31 Å². The van der Waals surface area contributed by atoms with E-state index in [2.05, 4.69) is 10.2 Å². The number of piperidine rings is 2. The highest BCUT2D eigenvalue weighted by molar-refractivity contribution is 7.89. The molecule has 9 heteroatoms. The van der Waals surface area contributed by atoms with E-state index in [0.717, 1.165) is 51.6 Å². The van der Waals surface area contributed by atoms with Crippen LogP contribution in [0.4, 0.5) is 5.69 Å². The molecular formula is C25H40N4O4S. The lowest BCUT2D eigenvalue weighted by molar-refractivity contribution is -0.123. The van der Waals surface area contributed by atoms with Crippen molar-refractivity contribution in [3.05, 3.63) is 23.8 Å². The van der Waals surface area contributed by atoms with E-state index < -0.39 is 15.6 Å². The van der Waals surface area contributed by atoms with E-state index in [1.165, 1.54) is 11.0 Å². The van der Waals surface area contributed by atoms with Gasteiger partial charge < -0.3 is 15.1 Å².